The highest BCUT2D eigenvalue weighted by Crippen LogP contribution is 2.19. The Kier molecular flexibility index (Phi) is 7.81. The maximum atomic E-state index is 12.5. The molecule has 0 atom stereocenters. The number of likely N-dealkylation sites (tertiary alicyclic amines) is 1. The summed E-state index contributed by atoms with van der Waals surface area (Å²) in [4.78, 5) is 23.3. The van der Waals surface area contributed by atoms with Gasteiger partial charge in [0.25, 0.3) is 5.56 Å². The minimum absolute atomic E-state index is 0.133. The van der Waals surface area contributed by atoms with Crippen molar-refractivity contribution in [2.24, 2.45) is 5.73 Å². The Bertz CT molecular complexity index is 1130. The van der Waals surface area contributed by atoms with Gasteiger partial charge in [-0.2, -0.15) is 0 Å². The molecular formula is C24H32N6O4. The Morgan fingerprint density at radius 1 is 1.24 bits per heavy atom. The second-order valence-corrected chi connectivity index (χ2v) is 8.36. The van der Waals surface area contributed by atoms with Gasteiger partial charge in [-0.15, -0.1) is 0 Å². The van der Waals surface area contributed by atoms with Crippen LogP contribution in [0.3, 0.4) is 0 Å². The summed E-state index contributed by atoms with van der Waals surface area (Å²) in [7, 11) is 1.58. The zero-order chi connectivity index (χ0) is 23.9. The van der Waals surface area contributed by atoms with Crippen molar-refractivity contribution < 1.29 is 14.2 Å². The number of nitrogens with one attached hydrogen (secondary N) is 1. The van der Waals surface area contributed by atoms with Crippen LogP contribution in [0, 0.1) is 0 Å². The predicted molar refractivity (Wildman–Crippen MR) is 129 cm³/mol. The van der Waals surface area contributed by atoms with E-state index in [9.17, 15) is 4.79 Å². The molecule has 4 heterocycles. The number of aromatic nitrogens is 3. The molecule has 2 fully saturated rings. The molecule has 2 aromatic rings. The van der Waals surface area contributed by atoms with E-state index in [0.717, 1.165) is 38.0 Å². The molecule has 182 valence electrons. The largest absolute Gasteiger partial charge is 0.495 e. The lowest BCUT2D eigenvalue weighted by molar-refractivity contribution is 0.0591. The molecule has 0 spiro atoms. The molecule has 2 saturated heterocycles. The first-order valence-electron chi connectivity index (χ1n) is 11.5. The van der Waals surface area contributed by atoms with Crippen LogP contribution in [0.25, 0.3) is 11.2 Å². The molecule has 2 aliphatic heterocycles. The van der Waals surface area contributed by atoms with E-state index in [1.54, 1.807) is 17.9 Å². The van der Waals surface area contributed by atoms with Gasteiger partial charge in [0.2, 0.25) is 0 Å². The standard InChI is InChI=1S/C24H32N6O4/c1-17(11-21-22(13-25)34-10-9-33-21)14-26-18-3-5-29(6-4-18)7-8-30-20-12-19(32-2)15-27-24(20)28-16-23(30)31/h11-13,15-16,18,26H,1,3-10,14,25H2,2H3/b21-11+,22-13+. The summed E-state index contributed by atoms with van der Waals surface area (Å²) >= 11 is 0. The van der Waals surface area contributed by atoms with Crippen LogP contribution >= 0.6 is 0 Å². The van der Waals surface area contributed by atoms with Gasteiger partial charge in [-0.1, -0.05) is 6.58 Å². The maximum absolute atomic E-state index is 12.5. The normalized spacial score (nSPS) is 19.8. The molecule has 0 bridgehead atoms. The number of methoxy groups -OCH3 is 1. The van der Waals surface area contributed by atoms with Gasteiger partial charge in [0.1, 0.15) is 19.0 Å². The lowest BCUT2D eigenvalue weighted by Crippen LogP contribution is -2.44. The minimum Gasteiger partial charge on any atom is -0.495 e. The van der Waals surface area contributed by atoms with Crippen molar-refractivity contribution in [2.45, 2.75) is 25.4 Å². The third kappa shape index (κ3) is 5.75. The Labute approximate surface area is 198 Å². The zero-order valence-corrected chi connectivity index (χ0v) is 19.5. The minimum atomic E-state index is -0.133. The van der Waals surface area contributed by atoms with Crippen LogP contribution in [-0.4, -0.2) is 72.0 Å². The van der Waals surface area contributed by atoms with Crippen molar-refractivity contribution >= 4 is 11.2 Å². The quantitative estimate of drug-likeness (QED) is 0.588. The Morgan fingerprint density at radius 2 is 1.97 bits per heavy atom. The molecule has 10 nitrogen and oxygen atoms in total. The molecule has 4 rings (SSSR count). The fourth-order valence-electron chi connectivity index (χ4n) is 4.18. The first kappa shape index (κ1) is 23.8. The van der Waals surface area contributed by atoms with Gasteiger partial charge in [0.15, 0.2) is 17.2 Å². The summed E-state index contributed by atoms with van der Waals surface area (Å²) in [6.07, 6.45) is 8.28. The fourth-order valence-corrected chi connectivity index (χ4v) is 4.18. The van der Waals surface area contributed by atoms with Crippen LogP contribution in [0.5, 0.6) is 5.75 Å². The smallest absolute Gasteiger partial charge is 0.269 e. The Balaban J connectivity index is 1.26. The number of piperidine rings is 1. The first-order chi connectivity index (χ1) is 16.6. The lowest BCUT2D eigenvalue weighted by Gasteiger charge is -2.32. The summed E-state index contributed by atoms with van der Waals surface area (Å²) in [5.74, 6) is 1.79. The van der Waals surface area contributed by atoms with Crippen LogP contribution < -0.4 is 21.3 Å². The number of pyridine rings is 1. The van der Waals surface area contributed by atoms with Crippen LogP contribution in [0.1, 0.15) is 12.8 Å². The molecule has 2 aromatic heterocycles. The molecule has 0 saturated carbocycles. The number of hydrogen-bond donors (Lipinski definition) is 2. The van der Waals surface area contributed by atoms with E-state index in [0.29, 0.717) is 60.8 Å². The van der Waals surface area contributed by atoms with Crippen molar-refractivity contribution in [3.63, 3.8) is 0 Å². The molecule has 0 radical (unpaired) electrons. The van der Waals surface area contributed by atoms with E-state index in [1.807, 2.05) is 12.1 Å². The third-order valence-electron chi connectivity index (χ3n) is 6.09. The van der Waals surface area contributed by atoms with Gasteiger partial charge >= 0.3 is 0 Å². The Morgan fingerprint density at radius 3 is 2.71 bits per heavy atom. The molecule has 10 heteroatoms. The van der Waals surface area contributed by atoms with E-state index in [4.69, 9.17) is 19.9 Å². The monoisotopic (exact) mass is 468 g/mol. The van der Waals surface area contributed by atoms with E-state index >= 15 is 0 Å². The number of rotatable bonds is 8. The van der Waals surface area contributed by atoms with E-state index in [-0.39, 0.29) is 5.56 Å². The van der Waals surface area contributed by atoms with Crippen molar-refractivity contribution in [3.8, 4) is 5.75 Å². The highest BCUT2D eigenvalue weighted by atomic mass is 16.6. The summed E-state index contributed by atoms with van der Waals surface area (Å²) in [5.41, 5.74) is 7.61. The molecular weight excluding hydrogens is 436 g/mol. The fraction of sp³-hybridized carbons (Fsp3) is 0.458. The molecule has 2 aliphatic rings. The third-order valence-corrected chi connectivity index (χ3v) is 6.09. The van der Waals surface area contributed by atoms with Crippen molar-refractivity contribution in [2.75, 3.05) is 46.5 Å². The summed E-state index contributed by atoms with van der Waals surface area (Å²) in [5, 5.41) is 3.58. The number of hydrogen-bond acceptors (Lipinski definition) is 9. The Hall–Kier alpha value is -3.37. The van der Waals surface area contributed by atoms with Gasteiger partial charge in [-0.3, -0.25) is 4.79 Å². The summed E-state index contributed by atoms with van der Waals surface area (Å²) in [6, 6.07) is 2.23. The van der Waals surface area contributed by atoms with Gasteiger partial charge in [-0.05, 0) is 37.6 Å². The second-order valence-electron chi connectivity index (χ2n) is 8.36. The number of nitrogens with zero attached hydrogens (tertiary/aromatic N) is 4. The van der Waals surface area contributed by atoms with Gasteiger partial charge < -0.3 is 34.7 Å². The van der Waals surface area contributed by atoms with Crippen molar-refractivity contribution in [1.29, 1.82) is 0 Å². The number of nitrogens with two attached hydrogens (primary N) is 1. The van der Waals surface area contributed by atoms with Crippen LogP contribution in [0.15, 0.2) is 59.2 Å². The van der Waals surface area contributed by atoms with Crippen LogP contribution in [0.2, 0.25) is 0 Å². The summed E-state index contributed by atoms with van der Waals surface area (Å²) in [6.45, 7) is 9.08. The van der Waals surface area contributed by atoms with E-state index in [1.165, 1.54) is 12.4 Å². The van der Waals surface area contributed by atoms with Crippen molar-refractivity contribution in [3.05, 3.63) is 64.8 Å². The molecule has 3 N–H and O–H groups in total. The number of ether oxygens (including phenoxy) is 3. The second kappa shape index (κ2) is 11.2. The molecule has 0 amide bonds. The molecule has 0 unspecified atom stereocenters. The average molecular weight is 469 g/mol. The zero-order valence-electron chi connectivity index (χ0n) is 19.5. The van der Waals surface area contributed by atoms with Gasteiger partial charge in [-0.25, -0.2) is 9.97 Å². The highest BCUT2D eigenvalue weighted by molar-refractivity contribution is 5.71. The first-order valence-corrected chi connectivity index (χ1v) is 11.5. The van der Waals surface area contributed by atoms with Gasteiger partial charge in [0, 0.05) is 37.9 Å². The van der Waals surface area contributed by atoms with E-state index < -0.39 is 0 Å². The highest BCUT2D eigenvalue weighted by Gasteiger charge is 2.20. The molecule has 0 aromatic carbocycles. The maximum Gasteiger partial charge on any atom is 0.269 e. The SMILES string of the molecule is C=C(/C=C1/OCCO/C1=C/N)CNC1CCN(CCn2c(=O)cnc3ncc(OC)cc32)CC1. The topological polar surface area (TPSA) is 117 Å². The van der Waals surface area contributed by atoms with Gasteiger partial charge in [0.05, 0.1) is 25.0 Å². The van der Waals surface area contributed by atoms with Crippen molar-refractivity contribution in [1.82, 2.24) is 24.8 Å². The summed E-state index contributed by atoms with van der Waals surface area (Å²) < 4.78 is 18.1. The van der Waals surface area contributed by atoms with Crippen LogP contribution in [0.4, 0.5) is 0 Å². The average Bonchev–Trinajstić information content (AvgIpc) is 2.87. The van der Waals surface area contributed by atoms with E-state index in [2.05, 4.69) is 26.8 Å². The molecule has 0 aliphatic carbocycles. The van der Waals surface area contributed by atoms with Crippen LogP contribution in [-0.2, 0) is 16.0 Å². The number of fused-ring (bicyclic) bond motifs is 1. The lowest BCUT2D eigenvalue weighted by atomic mass is 10.0. The predicted octanol–water partition coefficient (Wildman–Crippen LogP) is 1.14. The molecule has 34 heavy (non-hydrogen) atoms.